The fraction of sp³-hybridized carbons (Fsp3) is 0.190. The number of nitrogens with zero attached hydrogens (tertiary/aromatic N) is 2. The number of aromatic nitrogens is 2. The number of carbonyl (C=O) groups excluding carboxylic acids is 1. The Bertz CT molecular complexity index is 898. The summed E-state index contributed by atoms with van der Waals surface area (Å²) in [4.78, 5) is 20.7. The van der Waals surface area contributed by atoms with Gasteiger partial charge in [-0.1, -0.05) is 30.3 Å². The van der Waals surface area contributed by atoms with E-state index in [0.717, 1.165) is 40.7 Å². The van der Waals surface area contributed by atoms with Crippen molar-refractivity contribution in [2.75, 3.05) is 6.61 Å². The van der Waals surface area contributed by atoms with Gasteiger partial charge in [-0.3, -0.25) is 9.97 Å². The number of pyridine rings is 2. The standard InChI is InChI=1S/C21H20N2O2/c1-16-6-2-10-19(23-16)11-5-15-25-20(24)13-12-18-8-3-7-17-9-4-14-22-21(17)18/h2-4,6-10,12-14H,5,11,15H2,1H3/b13-12+. The van der Waals surface area contributed by atoms with Crippen LogP contribution in [0.3, 0.4) is 0 Å². The molecule has 1 aromatic carbocycles. The molecule has 0 unspecified atom stereocenters. The van der Waals surface area contributed by atoms with E-state index in [1.54, 1.807) is 12.3 Å². The molecule has 0 aliphatic rings. The second-order valence-electron chi connectivity index (χ2n) is 5.80. The van der Waals surface area contributed by atoms with Crippen molar-refractivity contribution in [3.05, 3.63) is 77.8 Å². The van der Waals surface area contributed by atoms with Gasteiger partial charge in [0.15, 0.2) is 0 Å². The second kappa shape index (κ2) is 8.20. The van der Waals surface area contributed by atoms with Crippen molar-refractivity contribution in [2.45, 2.75) is 19.8 Å². The smallest absolute Gasteiger partial charge is 0.330 e. The van der Waals surface area contributed by atoms with Crippen LogP contribution in [0.25, 0.3) is 17.0 Å². The summed E-state index contributed by atoms with van der Waals surface area (Å²) in [6.45, 7) is 2.35. The van der Waals surface area contributed by atoms with E-state index in [2.05, 4.69) is 9.97 Å². The molecule has 3 aromatic rings. The van der Waals surface area contributed by atoms with Crippen LogP contribution in [0.2, 0.25) is 0 Å². The van der Waals surface area contributed by atoms with Gasteiger partial charge < -0.3 is 4.74 Å². The first-order valence-corrected chi connectivity index (χ1v) is 8.33. The molecule has 0 N–H and O–H groups in total. The van der Waals surface area contributed by atoms with E-state index in [9.17, 15) is 4.79 Å². The number of para-hydroxylation sites is 1. The number of aryl methyl sites for hydroxylation is 2. The van der Waals surface area contributed by atoms with Gasteiger partial charge in [-0.2, -0.15) is 0 Å². The Morgan fingerprint density at radius 3 is 2.84 bits per heavy atom. The van der Waals surface area contributed by atoms with Crippen molar-refractivity contribution in [3.8, 4) is 0 Å². The lowest BCUT2D eigenvalue weighted by Crippen LogP contribution is -2.04. The molecule has 4 heteroatoms. The Morgan fingerprint density at radius 1 is 1.12 bits per heavy atom. The minimum atomic E-state index is -0.342. The van der Waals surface area contributed by atoms with E-state index < -0.39 is 0 Å². The van der Waals surface area contributed by atoms with Gasteiger partial charge in [0.25, 0.3) is 0 Å². The van der Waals surface area contributed by atoms with Crippen LogP contribution in [0.1, 0.15) is 23.4 Å². The number of esters is 1. The summed E-state index contributed by atoms with van der Waals surface area (Å²) >= 11 is 0. The van der Waals surface area contributed by atoms with Crippen molar-refractivity contribution in [1.82, 2.24) is 9.97 Å². The molecule has 25 heavy (non-hydrogen) atoms. The van der Waals surface area contributed by atoms with Crippen LogP contribution in [0, 0.1) is 6.92 Å². The van der Waals surface area contributed by atoms with E-state index >= 15 is 0 Å². The van der Waals surface area contributed by atoms with Crippen molar-refractivity contribution in [3.63, 3.8) is 0 Å². The molecule has 0 bridgehead atoms. The van der Waals surface area contributed by atoms with E-state index in [1.807, 2.05) is 55.5 Å². The lowest BCUT2D eigenvalue weighted by Gasteiger charge is -2.03. The summed E-state index contributed by atoms with van der Waals surface area (Å²) in [7, 11) is 0. The van der Waals surface area contributed by atoms with Crippen LogP contribution < -0.4 is 0 Å². The van der Waals surface area contributed by atoms with Crippen LogP contribution in [0.4, 0.5) is 0 Å². The van der Waals surface area contributed by atoms with Gasteiger partial charge in [-0.15, -0.1) is 0 Å². The summed E-state index contributed by atoms with van der Waals surface area (Å²) in [5.74, 6) is -0.342. The fourth-order valence-electron chi connectivity index (χ4n) is 2.63. The molecule has 0 radical (unpaired) electrons. The van der Waals surface area contributed by atoms with Crippen LogP contribution in [-0.2, 0) is 16.0 Å². The molecule has 0 spiro atoms. The summed E-state index contributed by atoms with van der Waals surface area (Å²) in [6, 6.07) is 15.7. The SMILES string of the molecule is Cc1cccc(CCCOC(=O)/C=C/c2cccc3cccnc23)n1. The number of hydrogen-bond donors (Lipinski definition) is 0. The molecule has 0 fully saturated rings. The summed E-state index contributed by atoms with van der Waals surface area (Å²) < 4.78 is 5.25. The molecule has 4 nitrogen and oxygen atoms in total. The third-order valence-corrected chi connectivity index (χ3v) is 3.83. The molecular formula is C21H20N2O2. The summed E-state index contributed by atoms with van der Waals surface area (Å²) in [6.07, 6.45) is 6.50. The van der Waals surface area contributed by atoms with Crippen molar-refractivity contribution in [1.29, 1.82) is 0 Å². The Morgan fingerprint density at radius 2 is 1.96 bits per heavy atom. The zero-order valence-corrected chi connectivity index (χ0v) is 14.2. The first-order valence-electron chi connectivity index (χ1n) is 8.33. The van der Waals surface area contributed by atoms with Gasteiger partial charge in [0.1, 0.15) is 0 Å². The highest BCUT2D eigenvalue weighted by atomic mass is 16.5. The predicted octanol–water partition coefficient (Wildman–Crippen LogP) is 4.13. The number of hydrogen-bond acceptors (Lipinski definition) is 4. The highest BCUT2D eigenvalue weighted by molar-refractivity contribution is 5.92. The first-order chi connectivity index (χ1) is 12.2. The Kier molecular flexibility index (Phi) is 5.52. The molecule has 0 atom stereocenters. The van der Waals surface area contributed by atoms with Crippen molar-refractivity contribution < 1.29 is 9.53 Å². The molecule has 0 aliphatic carbocycles. The van der Waals surface area contributed by atoms with Crippen LogP contribution >= 0.6 is 0 Å². The zero-order valence-electron chi connectivity index (χ0n) is 14.2. The van der Waals surface area contributed by atoms with Gasteiger partial charge >= 0.3 is 5.97 Å². The zero-order chi connectivity index (χ0) is 17.5. The van der Waals surface area contributed by atoms with E-state index in [1.165, 1.54) is 6.08 Å². The van der Waals surface area contributed by atoms with E-state index in [-0.39, 0.29) is 5.97 Å². The summed E-state index contributed by atoms with van der Waals surface area (Å²) in [5, 5.41) is 1.05. The number of ether oxygens (including phenoxy) is 1. The number of rotatable bonds is 6. The average Bonchev–Trinajstić information content (AvgIpc) is 2.63. The quantitative estimate of drug-likeness (QED) is 0.387. The normalized spacial score (nSPS) is 11.1. The average molecular weight is 332 g/mol. The summed E-state index contributed by atoms with van der Waals surface area (Å²) in [5.41, 5.74) is 3.80. The fourth-order valence-corrected chi connectivity index (χ4v) is 2.63. The van der Waals surface area contributed by atoms with Crippen LogP contribution in [-0.4, -0.2) is 22.5 Å². The van der Waals surface area contributed by atoms with Gasteiger partial charge in [-0.25, -0.2) is 4.79 Å². The van der Waals surface area contributed by atoms with Crippen molar-refractivity contribution >= 4 is 22.9 Å². The topological polar surface area (TPSA) is 52.1 Å². The third kappa shape index (κ3) is 4.73. The van der Waals surface area contributed by atoms with Gasteiger partial charge in [0.2, 0.25) is 0 Å². The molecule has 0 aliphatic heterocycles. The molecular weight excluding hydrogens is 312 g/mol. The third-order valence-electron chi connectivity index (χ3n) is 3.83. The first kappa shape index (κ1) is 16.8. The maximum atomic E-state index is 11.9. The molecule has 3 rings (SSSR count). The van der Waals surface area contributed by atoms with Gasteiger partial charge in [0, 0.05) is 34.6 Å². The van der Waals surface area contributed by atoms with Crippen LogP contribution in [0.5, 0.6) is 0 Å². The lowest BCUT2D eigenvalue weighted by molar-refractivity contribution is -0.137. The lowest BCUT2D eigenvalue weighted by atomic mass is 10.1. The molecule has 0 saturated heterocycles. The number of carbonyl (C=O) groups is 1. The van der Waals surface area contributed by atoms with E-state index in [0.29, 0.717) is 6.61 Å². The highest BCUT2D eigenvalue weighted by Crippen LogP contribution is 2.17. The number of benzene rings is 1. The molecule has 126 valence electrons. The molecule has 2 aromatic heterocycles. The minimum absolute atomic E-state index is 0.342. The van der Waals surface area contributed by atoms with Crippen LogP contribution in [0.15, 0.2) is 60.8 Å². The molecule has 0 saturated carbocycles. The maximum Gasteiger partial charge on any atom is 0.330 e. The Balaban J connectivity index is 1.51. The maximum absolute atomic E-state index is 11.9. The molecule has 2 heterocycles. The highest BCUT2D eigenvalue weighted by Gasteiger charge is 2.01. The monoisotopic (exact) mass is 332 g/mol. The van der Waals surface area contributed by atoms with Gasteiger partial charge in [0.05, 0.1) is 12.1 Å². The van der Waals surface area contributed by atoms with E-state index in [4.69, 9.17) is 4.74 Å². The predicted molar refractivity (Wildman–Crippen MR) is 99.0 cm³/mol. The second-order valence-corrected chi connectivity index (χ2v) is 5.80. The van der Waals surface area contributed by atoms with Crippen molar-refractivity contribution in [2.24, 2.45) is 0 Å². The number of fused-ring (bicyclic) bond motifs is 1. The Labute approximate surface area is 147 Å². The molecule has 0 amide bonds. The van der Waals surface area contributed by atoms with Gasteiger partial charge in [-0.05, 0) is 44.0 Å². The largest absolute Gasteiger partial charge is 0.463 e. The minimum Gasteiger partial charge on any atom is -0.463 e. The Hall–Kier alpha value is -3.01.